The third-order valence-corrected chi connectivity index (χ3v) is 3.39. The van der Waals surface area contributed by atoms with Gasteiger partial charge in [-0.3, -0.25) is 0 Å². The molecule has 0 amide bonds. The zero-order valence-electron chi connectivity index (χ0n) is 10.1. The smallest absolute Gasteiger partial charge is 0.0385 e. The van der Waals surface area contributed by atoms with Crippen LogP contribution in [0.5, 0.6) is 0 Å². The highest BCUT2D eigenvalue weighted by atomic mass is 15.2. The summed E-state index contributed by atoms with van der Waals surface area (Å²) in [7, 11) is 0. The van der Waals surface area contributed by atoms with Gasteiger partial charge in [0.25, 0.3) is 0 Å². The molecule has 1 fully saturated rings. The standard InChI is InChI=1S/C11H22N4/c1-11(2,3)10-4-7-15(8-5-10)9-6-13-14-12/h10H,4-9H2,1-3H3. The number of likely N-dealkylation sites (tertiary alicyclic amines) is 1. The molecule has 0 aromatic carbocycles. The molecule has 0 atom stereocenters. The van der Waals surface area contributed by atoms with Gasteiger partial charge in [-0.1, -0.05) is 25.9 Å². The maximum Gasteiger partial charge on any atom is 0.0385 e. The van der Waals surface area contributed by atoms with E-state index in [0.29, 0.717) is 12.0 Å². The summed E-state index contributed by atoms with van der Waals surface area (Å²) in [6.45, 7) is 10.8. The van der Waals surface area contributed by atoms with Crippen molar-refractivity contribution in [2.45, 2.75) is 33.6 Å². The van der Waals surface area contributed by atoms with Crippen LogP contribution in [0.1, 0.15) is 33.6 Å². The Morgan fingerprint density at radius 3 is 2.40 bits per heavy atom. The maximum atomic E-state index is 8.18. The Morgan fingerprint density at radius 2 is 1.93 bits per heavy atom. The number of hydrogen-bond donors (Lipinski definition) is 0. The Kier molecular flexibility index (Phi) is 4.43. The highest BCUT2D eigenvalue weighted by Crippen LogP contribution is 2.33. The quantitative estimate of drug-likeness (QED) is 0.401. The average molecular weight is 210 g/mol. The van der Waals surface area contributed by atoms with Gasteiger partial charge in [-0.05, 0) is 42.8 Å². The van der Waals surface area contributed by atoms with Gasteiger partial charge in [0.15, 0.2) is 0 Å². The summed E-state index contributed by atoms with van der Waals surface area (Å²) in [6.07, 6.45) is 2.56. The Morgan fingerprint density at radius 1 is 1.33 bits per heavy atom. The van der Waals surface area contributed by atoms with Crippen molar-refractivity contribution in [3.05, 3.63) is 10.4 Å². The lowest BCUT2D eigenvalue weighted by molar-refractivity contribution is 0.114. The van der Waals surface area contributed by atoms with Gasteiger partial charge in [0.05, 0.1) is 0 Å². The molecule has 4 heteroatoms. The third kappa shape index (κ3) is 4.10. The summed E-state index contributed by atoms with van der Waals surface area (Å²) in [5, 5.41) is 3.57. The molecule has 0 aromatic rings. The SMILES string of the molecule is CC(C)(C)C1CCN(CCN=[N+]=[N-])CC1. The van der Waals surface area contributed by atoms with Gasteiger partial charge in [0.2, 0.25) is 0 Å². The molecule has 0 N–H and O–H groups in total. The van der Waals surface area contributed by atoms with Gasteiger partial charge in [0, 0.05) is 18.0 Å². The summed E-state index contributed by atoms with van der Waals surface area (Å²) in [6, 6.07) is 0. The molecule has 1 heterocycles. The molecule has 0 unspecified atom stereocenters. The Balaban J connectivity index is 2.27. The Labute approximate surface area is 92.3 Å². The molecule has 0 spiro atoms. The number of rotatable bonds is 3. The van der Waals surface area contributed by atoms with E-state index in [4.69, 9.17) is 5.53 Å². The van der Waals surface area contributed by atoms with Crippen molar-refractivity contribution in [3.63, 3.8) is 0 Å². The molecule has 86 valence electrons. The second-order valence-corrected chi connectivity index (χ2v) is 5.44. The average Bonchev–Trinajstić information content (AvgIpc) is 2.18. The minimum atomic E-state index is 0.441. The van der Waals surface area contributed by atoms with Crippen LogP contribution in [0.25, 0.3) is 10.4 Å². The predicted molar refractivity (Wildman–Crippen MR) is 62.6 cm³/mol. The van der Waals surface area contributed by atoms with E-state index in [2.05, 4.69) is 35.7 Å². The molecule has 0 aromatic heterocycles. The summed E-state index contributed by atoms with van der Waals surface area (Å²) < 4.78 is 0. The molecular formula is C11H22N4. The van der Waals surface area contributed by atoms with Gasteiger partial charge >= 0.3 is 0 Å². The Bertz CT molecular complexity index is 229. The van der Waals surface area contributed by atoms with Gasteiger partial charge in [-0.2, -0.15) is 0 Å². The zero-order valence-corrected chi connectivity index (χ0v) is 10.1. The van der Waals surface area contributed by atoms with E-state index in [9.17, 15) is 0 Å². The number of azide groups is 1. The van der Waals surface area contributed by atoms with E-state index >= 15 is 0 Å². The zero-order chi connectivity index (χ0) is 11.3. The summed E-state index contributed by atoms with van der Waals surface area (Å²) in [5.74, 6) is 0.841. The topological polar surface area (TPSA) is 52.0 Å². The van der Waals surface area contributed by atoms with Gasteiger partial charge in [-0.25, -0.2) is 0 Å². The second-order valence-electron chi connectivity index (χ2n) is 5.44. The predicted octanol–water partition coefficient (Wildman–Crippen LogP) is 3.05. The summed E-state index contributed by atoms with van der Waals surface area (Å²) in [5.41, 5.74) is 8.63. The molecule has 15 heavy (non-hydrogen) atoms. The Hall–Kier alpha value is -0.730. The van der Waals surface area contributed by atoms with Crippen LogP contribution in [0.2, 0.25) is 0 Å². The molecule has 1 aliphatic heterocycles. The van der Waals surface area contributed by atoms with E-state index in [0.717, 1.165) is 25.6 Å². The first-order valence-corrected chi connectivity index (χ1v) is 5.77. The molecule has 0 aliphatic carbocycles. The summed E-state index contributed by atoms with van der Waals surface area (Å²) >= 11 is 0. The molecule has 1 rings (SSSR count). The highest BCUT2D eigenvalue weighted by molar-refractivity contribution is 4.80. The van der Waals surface area contributed by atoms with Gasteiger partial charge in [-0.15, -0.1) is 0 Å². The van der Waals surface area contributed by atoms with Crippen molar-refractivity contribution in [2.75, 3.05) is 26.2 Å². The minimum absolute atomic E-state index is 0.441. The van der Waals surface area contributed by atoms with E-state index in [1.54, 1.807) is 0 Å². The molecule has 4 nitrogen and oxygen atoms in total. The molecule has 1 saturated heterocycles. The van der Waals surface area contributed by atoms with E-state index in [-0.39, 0.29) is 0 Å². The normalized spacial score (nSPS) is 19.9. The number of nitrogens with zero attached hydrogens (tertiary/aromatic N) is 4. The van der Waals surface area contributed by atoms with E-state index < -0.39 is 0 Å². The van der Waals surface area contributed by atoms with Crippen LogP contribution in [0.15, 0.2) is 5.11 Å². The molecule has 0 bridgehead atoms. The first-order valence-electron chi connectivity index (χ1n) is 5.77. The first kappa shape index (κ1) is 12.3. The van der Waals surface area contributed by atoms with Crippen molar-refractivity contribution < 1.29 is 0 Å². The maximum absolute atomic E-state index is 8.18. The van der Waals surface area contributed by atoms with Crippen molar-refractivity contribution in [2.24, 2.45) is 16.4 Å². The largest absolute Gasteiger partial charge is 0.303 e. The lowest BCUT2D eigenvalue weighted by Crippen LogP contribution is -2.39. The van der Waals surface area contributed by atoms with Crippen molar-refractivity contribution in [3.8, 4) is 0 Å². The molecule has 0 radical (unpaired) electrons. The van der Waals surface area contributed by atoms with Gasteiger partial charge < -0.3 is 4.90 Å². The minimum Gasteiger partial charge on any atom is -0.303 e. The fraction of sp³-hybridized carbons (Fsp3) is 1.00. The molecule has 0 saturated carbocycles. The third-order valence-electron chi connectivity index (χ3n) is 3.39. The lowest BCUT2D eigenvalue weighted by atomic mass is 9.75. The van der Waals surface area contributed by atoms with Crippen molar-refractivity contribution in [1.29, 1.82) is 0 Å². The number of hydrogen-bond acceptors (Lipinski definition) is 2. The van der Waals surface area contributed by atoms with Crippen molar-refractivity contribution in [1.82, 2.24) is 4.90 Å². The van der Waals surface area contributed by atoms with Crippen LogP contribution in [0.4, 0.5) is 0 Å². The van der Waals surface area contributed by atoms with E-state index in [1.807, 2.05) is 0 Å². The fourth-order valence-corrected chi connectivity index (χ4v) is 2.25. The van der Waals surface area contributed by atoms with Crippen LogP contribution in [0, 0.1) is 11.3 Å². The van der Waals surface area contributed by atoms with Gasteiger partial charge in [0.1, 0.15) is 0 Å². The lowest BCUT2D eigenvalue weighted by Gasteiger charge is -2.38. The number of piperidine rings is 1. The summed E-state index contributed by atoms with van der Waals surface area (Å²) in [4.78, 5) is 5.17. The van der Waals surface area contributed by atoms with Crippen LogP contribution in [-0.4, -0.2) is 31.1 Å². The first-order chi connectivity index (χ1) is 7.04. The van der Waals surface area contributed by atoms with E-state index in [1.165, 1.54) is 12.8 Å². The molecule has 1 aliphatic rings. The monoisotopic (exact) mass is 210 g/mol. The van der Waals surface area contributed by atoms with Crippen LogP contribution >= 0.6 is 0 Å². The van der Waals surface area contributed by atoms with Crippen LogP contribution in [0.3, 0.4) is 0 Å². The second kappa shape index (κ2) is 5.38. The molecular weight excluding hydrogens is 188 g/mol. The fourth-order valence-electron chi connectivity index (χ4n) is 2.25. The highest BCUT2D eigenvalue weighted by Gasteiger charge is 2.28. The van der Waals surface area contributed by atoms with Crippen LogP contribution in [-0.2, 0) is 0 Å². The van der Waals surface area contributed by atoms with Crippen molar-refractivity contribution >= 4 is 0 Å². The van der Waals surface area contributed by atoms with Crippen LogP contribution < -0.4 is 0 Å².